The number of amides is 1. The topological polar surface area (TPSA) is 46.9 Å². The maximum absolute atomic E-state index is 11.5. The largest absolute Gasteiger partial charge is 0.346 e. The van der Waals surface area contributed by atoms with Crippen molar-refractivity contribution in [3.63, 3.8) is 0 Å². The van der Waals surface area contributed by atoms with E-state index in [-0.39, 0.29) is 11.9 Å². The van der Waals surface area contributed by atoms with Gasteiger partial charge in [0.15, 0.2) is 0 Å². The second-order valence-corrected chi connectivity index (χ2v) is 6.27. The minimum Gasteiger partial charge on any atom is -0.346 e. The molecule has 0 spiro atoms. The Morgan fingerprint density at radius 3 is 2.58 bits per heavy atom. The molecule has 0 aliphatic carbocycles. The molecule has 5 heteroatoms. The molecule has 1 amide bonds. The molecule has 0 fully saturated rings. The Hall–Kier alpha value is -2.33. The number of hydrogen-bond acceptors (Lipinski definition) is 2. The molecule has 0 saturated carbocycles. The summed E-state index contributed by atoms with van der Waals surface area (Å²) in [6.07, 6.45) is 0.781. The molecule has 2 aromatic carbocycles. The number of nitrogens with one attached hydrogen (secondary N) is 1. The summed E-state index contributed by atoms with van der Waals surface area (Å²) in [6.45, 7) is 4.27. The van der Waals surface area contributed by atoms with E-state index in [9.17, 15) is 4.79 Å². The molecule has 0 aliphatic heterocycles. The highest BCUT2D eigenvalue weighted by molar-refractivity contribution is 6.30. The van der Waals surface area contributed by atoms with Gasteiger partial charge in [0.2, 0.25) is 5.91 Å². The molecule has 0 aliphatic rings. The lowest BCUT2D eigenvalue weighted by Gasteiger charge is -2.18. The summed E-state index contributed by atoms with van der Waals surface area (Å²) in [5.74, 6) is 0.829. The third-order valence-corrected chi connectivity index (χ3v) is 4.29. The standard InChI is InChI=1S/C19H20ClN3O/c1-3-16(21-13(2)24)19-22-17-6-4-5-7-18(17)23(19)12-14-8-10-15(20)11-9-14/h4-11,16H,3,12H2,1-2H3,(H,21,24). The van der Waals surface area contributed by atoms with Crippen LogP contribution in [0, 0.1) is 0 Å². The van der Waals surface area contributed by atoms with Crippen molar-refractivity contribution >= 4 is 28.5 Å². The van der Waals surface area contributed by atoms with E-state index in [1.807, 2.05) is 49.4 Å². The second kappa shape index (κ2) is 7.05. The Bertz CT molecular complexity index is 855. The first-order chi connectivity index (χ1) is 11.6. The van der Waals surface area contributed by atoms with Crippen LogP contribution >= 0.6 is 11.6 Å². The number of carbonyl (C=O) groups is 1. The molecule has 4 nitrogen and oxygen atoms in total. The van der Waals surface area contributed by atoms with Crippen molar-refractivity contribution in [1.29, 1.82) is 0 Å². The molecular weight excluding hydrogens is 322 g/mol. The van der Waals surface area contributed by atoms with Crippen molar-refractivity contribution in [3.05, 3.63) is 64.9 Å². The molecular formula is C19H20ClN3O. The Kier molecular flexibility index (Phi) is 4.86. The molecule has 3 rings (SSSR count). The van der Waals surface area contributed by atoms with Crippen LogP contribution in [0.15, 0.2) is 48.5 Å². The Morgan fingerprint density at radius 2 is 1.92 bits per heavy atom. The monoisotopic (exact) mass is 341 g/mol. The Morgan fingerprint density at radius 1 is 1.21 bits per heavy atom. The molecule has 0 radical (unpaired) electrons. The van der Waals surface area contributed by atoms with E-state index in [2.05, 4.69) is 16.0 Å². The van der Waals surface area contributed by atoms with Gasteiger partial charge in [0.05, 0.1) is 17.1 Å². The Balaban J connectivity index is 2.07. The Labute approximate surface area is 146 Å². The van der Waals surface area contributed by atoms with Gasteiger partial charge in [-0.3, -0.25) is 4.79 Å². The first-order valence-corrected chi connectivity index (χ1v) is 8.43. The number of nitrogens with zero attached hydrogens (tertiary/aromatic N) is 2. The quantitative estimate of drug-likeness (QED) is 0.751. The van der Waals surface area contributed by atoms with Crippen LogP contribution in [0.3, 0.4) is 0 Å². The van der Waals surface area contributed by atoms with Crippen molar-refractivity contribution < 1.29 is 4.79 Å². The van der Waals surface area contributed by atoms with E-state index in [4.69, 9.17) is 16.6 Å². The molecule has 0 saturated heterocycles. The fraction of sp³-hybridized carbons (Fsp3) is 0.263. The van der Waals surface area contributed by atoms with Crippen molar-refractivity contribution in [2.75, 3.05) is 0 Å². The summed E-state index contributed by atoms with van der Waals surface area (Å²) < 4.78 is 2.17. The lowest BCUT2D eigenvalue weighted by atomic mass is 10.2. The van der Waals surface area contributed by atoms with Crippen molar-refractivity contribution in [2.45, 2.75) is 32.9 Å². The number of hydrogen-bond donors (Lipinski definition) is 1. The number of fused-ring (bicyclic) bond motifs is 1. The lowest BCUT2D eigenvalue weighted by Crippen LogP contribution is -2.28. The van der Waals surface area contributed by atoms with Gasteiger partial charge >= 0.3 is 0 Å². The number of carbonyl (C=O) groups excluding carboxylic acids is 1. The fourth-order valence-electron chi connectivity index (χ4n) is 2.89. The number of halogens is 1. The van der Waals surface area contributed by atoms with E-state index in [0.29, 0.717) is 6.54 Å². The van der Waals surface area contributed by atoms with Crippen LogP contribution in [0.25, 0.3) is 11.0 Å². The van der Waals surface area contributed by atoms with Crippen molar-refractivity contribution in [2.24, 2.45) is 0 Å². The average molecular weight is 342 g/mol. The second-order valence-electron chi connectivity index (χ2n) is 5.83. The molecule has 1 atom stereocenters. The highest BCUT2D eigenvalue weighted by Crippen LogP contribution is 2.24. The zero-order valence-electron chi connectivity index (χ0n) is 13.8. The first-order valence-electron chi connectivity index (χ1n) is 8.05. The summed E-state index contributed by atoms with van der Waals surface area (Å²) in [5, 5.41) is 3.72. The normalized spacial score (nSPS) is 12.3. The van der Waals surface area contributed by atoms with E-state index < -0.39 is 0 Å². The molecule has 1 unspecified atom stereocenters. The molecule has 124 valence electrons. The number of imidazole rings is 1. The third-order valence-electron chi connectivity index (χ3n) is 4.04. The van der Waals surface area contributed by atoms with Crippen molar-refractivity contribution in [1.82, 2.24) is 14.9 Å². The van der Waals surface area contributed by atoms with Crippen LogP contribution in [-0.4, -0.2) is 15.5 Å². The van der Waals surface area contributed by atoms with Gasteiger partial charge in [-0.05, 0) is 36.2 Å². The first kappa shape index (κ1) is 16.5. The van der Waals surface area contributed by atoms with Crippen LogP contribution in [0.5, 0.6) is 0 Å². The van der Waals surface area contributed by atoms with Gasteiger partial charge in [0.1, 0.15) is 5.82 Å². The molecule has 1 N–H and O–H groups in total. The molecule has 1 aromatic heterocycles. The van der Waals surface area contributed by atoms with E-state index in [0.717, 1.165) is 33.9 Å². The van der Waals surface area contributed by atoms with E-state index in [1.165, 1.54) is 6.92 Å². The van der Waals surface area contributed by atoms with Crippen LogP contribution < -0.4 is 5.32 Å². The molecule has 3 aromatic rings. The van der Waals surface area contributed by atoms with Crippen molar-refractivity contribution in [3.8, 4) is 0 Å². The highest BCUT2D eigenvalue weighted by atomic mass is 35.5. The predicted octanol–water partition coefficient (Wildman–Crippen LogP) is 4.33. The van der Waals surface area contributed by atoms with Crippen LogP contribution in [-0.2, 0) is 11.3 Å². The predicted molar refractivity (Wildman–Crippen MR) is 97.1 cm³/mol. The van der Waals surface area contributed by atoms with E-state index >= 15 is 0 Å². The molecule has 24 heavy (non-hydrogen) atoms. The average Bonchev–Trinajstić information content (AvgIpc) is 2.93. The summed E-state index contributed by atoms with van der Waals surface area (Å²) in [5.41, 5.74) is 3.14. The minimum atomic E-state index is -0.109. The van der Waals surface area contributed by atoms with Gasteiger partial charge in [-0.15, -0.1) is 0 Å². The van der Waals surface area contributed by atoms with Crippen LogP contribution in [0.1, 0.15) is 37.7 Å². The fourth-order valence-corrected chi connectivity index (χ4v) is 3.02. The molecule has 0 bridgehead atoms. The zero-order valence-corrected chi connectivity index (χ0v) is 14.5. The smallest absolute Gasteiger partial charge is 0.217 e. The van der Waals surface area contributed by atoms with E-state index in [1.54, 1.807) is 0 Å². The van der Waals surface area contributed by atoms with Gasteiger partial charge in [0, 0.05) is 18.5 Å². The van der Waals surface area contributed by atoms with Gasteiger partial charge < -0.3 is 9.88 Å². The summed E-state index contributed by atoms with van der Waals surface area (Å²) in [6, 6.07) is 15.7. The summed E-state index contributed by atoms with van der Waals surface area (Å²) in [7, 11) is 0. The summed E-state index contributed by atoms with van der Waals surface area (Å²) >= 11 is 5.98. The van der Waals surface area contributed by atoms with Gasteiger partial charge in [0.25, 0.3) is 0 Å². The van der Waals surface area contributed by atoms with Gasteiger partial charge in [-0.1, -0.05) is 42.8 Å². The highest BCUT2D eigenvalue weighted by Gasteiger charge is 2.19. The van der Waals surface area contributed by atoms with Crippen LogP contribution in [0.4, 0.5) is 0 Å². The van der Waals surface area contributed by atoms with Gasteiger partial charge in [-0.25, -0.2) is 4.98 Å². The summed E-state index contributed by atoms with van der Waals surface area (Å²) in [4.78, 5) is 16.3. The third kappa shape index (κ3) is 3.44. The minimum absolute atomic E-state index is 0.0491. The number of aromatic nitrogens is 2. The SMILES string of the molecule is CCC(NC(C)=O)c1nc2ccccc2n1Cc1ccc(Cl)cc1. The zero-order chi connectivity index (χ0) is 17.1. The number of para-hydroxylation sites is 2. The van der Waals surface area contributed by atoms with Crippen LogP contribution in [0.2, 0.25) is 5.02 Å². The molecule has 1 heterocycles. The maximum Gasteiger partial charge on any atom is 0.217 e. The van der Waals surface area contributed by atoms with Gasteiger partial charge in [-0.2, -0.15) is 0 Å². The maximum atomic E-state index is 11.5. The number of rotatable bonds is 5. The number of benzene rings is 2. The lowest BCUT2D eigenvalue weighted by molar-refractivity contribution is -0.119.